The Morgan fingerprint density at radius 2 is 1.94 bits per heavy atom. The van der Waals surface area contributed by atoms with Crippen LogP contribution >= 0.6 is 27.5 Å². The fraction of sp³-hybridized carbons (Fsp3) is 0.769. The molecule has 0 unspecified atom stereocenters. The van der Waals surface area contributed by atoms with Crippen LogP contribution in [0.3, 0.4) is 0 Å². The molecule has 0 N–H and O–H groups in total. The fourth-order valence-corrected chi connectivity index (χ4v) is 3.30. The summed E-state index contributed by atoms with van der Waals surface area (Å²) in [6.07, 6.45) is 6.61. The molecule has 98 valence electrons. The normalized spacial score (nSPS) is 12.1. The molecule has 0 bridgehead atoms. The highest BCUT2D eigenvalue weighted by Crippen LogP contribution is 2.34. The number of rotatable bonds is 7. The van der Waals surface area contributed by atoms with E-state index in [0.717, 1.165) is 22.6 Å². The third-order valence-corrected chi connectivity index (χ3v) is 4.93. The Kier molecular flexibility index (Phi) is 6.01. The number of hydrogen-bond donors (Lipinski definition) is 0. The summed E-state index contributed by atoms with van der Waals surface area (Å²) < 4.78 is 2.05. The smallest absolute Gasteiger partial charge is 0.0814 e. The first-order valence-electron chi connectivity index (χ1n) is 6.32. The number of halogens is 2. The van der Waals surface area contributed by atoms with E-state index >= 15 is 0 Å². The Labute approximate surface area is 118 Å². The first-order chi connectivity index (χ1) is 8.08. The number of hydrogen-bond acceptors (Lipinski definition) is 1. The van der Waals surface area contributed by atoms with Gasteiger partial charge in [0.2, 0.25) is 0 Å². The largest absolute Gasteiger partial charge is 0.268 e. The SMILES string of the molecule is CCCC(CBr)(CCC)Cn1ncc(Cl)c1C. The number of aromatic nitrogens is 2. The van der Waals surface area contributed by atoms with E-state index in [2.05, 4.69) is 39.6 Å². The van der Waals surface area contributed by atoms with Crippen molar-refractivity contribution < 1.29 is 0 Å². The highest BCUT2D eigenvalue weighted by molar-refractivity contribution is 9.09. The van der Waals surface area contributed by atoms with Crippen molar-refractivity contribution in [2.75, 3.05) is 5.33 Å². The molecule has 0 aliphatic carbocycles. The molecule has 1 aromatic rings. The zero-order chi connectivity index (χ0) is 12.9. The summed E-state index contributed by atoms with van der Waals surface area (Å²) in [6.45, 7) is 7.48. The minimum absolute atomic E-state index is 0.309. The van der Waals surface area contributed by atoms with Gasteiger partial charge < -0.3 is 0 Å². The van der Waals surface area contributed by atoms with E-state index in [-0.39, 0.29) is 0 Å². The summed E-state index contributed by atoms with van der Waals surface area (Å²) in [5.41, 5.74) is 1.38. The molecule has 1 rings (SSSR count). The molecule has 0 atom stereocenters. The molecule has 17 heavy (non-hydrogen) atoms. The molecule has 0 amide bonds. The van der Waals surface area contributed by atoms with E-state index < -0.39 is 0 Å². The molecule has 4 heteroatoms. The van der Waals surface area contributed by atoms with Crippen LogP contribution in [0.5, 0.6) is 0 Å². The number of nitrogens with zero attached hydrogens (tertiary/aromatic N) is 2. The molecule has 0 saturated carbocycles. The molecule has 0 aliphatic rings. The van der Waals surface area contributed by atoms with Crippen molar-refractivity contribution in [3.05, 3.63) is 16.9 Å². The average molecular weight is 322 g/mol. The highest BCUT2D eigenvalue weighted by atomic mass is 79.9. The van der Waals surface area contributed by atoms with Gasteiger partial charge in [0.05, 0.1) is 16.9 Å². The maximum atomic E-state index is 6.06. The Hall–Kier alpha value is -0.0200. The zero-order valence-electron chi connectivity index (χ0n) is 11.0. The standard InChI is InChI=1S/C13H22BrClN2/c1-4-6-13(9-14,7-5-2)10-17-11(3)12(15)8-16-17/h8H,4-7,9-10H2,1-3H3. The molecule has 0 radical (unpaired) electrons. The summed E-state index contributed by atoms with van der Waals surface area (Å²) in [7, 11) is 0. The lowest BCUT2D eigenvalue weighted by Crippen LogP contribution is -2.29. The second-order valence-electron chi connectivity index (χ2n) is 4.87. The lowest BCUT2D eigenvalue weighted by molar-refractivity contribution is 0.221. The molecular formula is C13H22BrClN2. The van der Waals surface area contributed by atoms with Gasteiger partial charge in [-0.3, -0.25) is 4.68 Å². The summed E-state index contributed by atoms with van der Waals surface area (Å²) in [6, 6.07) is 0. The first kappa shape index (κ1) is 15.0. The first-order valence-corrected chi connectivity index (χ1v) is 7.82. The van der Waals surface area contributed by atoms with Gasteiger partial charge in [-0.25, -0.2) is 0 Å². The average Bonchev–Trinajstić information content (AvgIpc) is 2.61. The van der Waals surface area contributed by atoms with Crippen molar-refractivity contribution in [2.45, 2.75) is 53.0 Å². The van der Waals surface area contributed by atoms with Crippen molar-refractivity contribution in [2.24, 2.45) is 5.41 Å². The van der Waals surface area contributed by atoms with Crippen molar-refractivity contribution in [3.8, 4) is 0 Å². The lowest BCUT2D eigenvalue weighted by Gasteiger charge is -2.32. The summed E-state index contributed by atoms with van der Waals surface area (Å²) >= 11 is 9.75. The second kappa shape index (κ2) is 6.79. The Bertz CT molecular complexity index is 343. The molecular weight excluding hydrogens is 300 g/mol. The van der Waals surface area contributed by atoms with E-state index in [4.69, 9.17) is 11.6 Å². The molecule has 1 aromatic heterocycles. The third-order valence-electron chi connectivity index (χ3n) is 3.37. The Morgan fingerprint density at radius 3 is 2.29 bits per heavy atom. The maximum Gasteiger partial charge on any atom is 0.0814 e. The van der Waals surface area contributed by atoms with Crippen LogP contribution in [0.25, 0.3) is 0 Å². The molecule has 0 saturated heterocycles. The molecule has 0 aliphatic heterocycles. The predicted molar refractivity (Wildman–Crippen MR) is 78.0 cm³/mol. The maximum absolute atomic E-state index is 6.06. The molecule has 1 heterocycles. The van der Waals surface area contributed by atoms with Crippen LogP contribution in [0.15, 0.2) is 6.20 Å². The van der Waals surface area contributed by atoms with Crippen LogP contribution in [0.1, 0.15) is 45.2 Å². The number of alkyl halides is 1. The molecule has 2 nitrogen and oxygen atoms in total. The van der Waals surface area contributed by atoms with Crippen LogP contribution in [-0.4, -0.2) is 15.1 Å². The van der Waals surface area contributed by atoms with Crippen LogP contribution in [0.4, 0.5) is 0 Å². The quantitative estimate of drug-likeness (QED) is 0.658. The van der Waals surface area contributed by atoms with Crippen LogP contribution < -0.4 is 0 Å². The molecule has 0 fully saturated rings. The van der Waals surface area contributed by atoms with Crippen molar-refractivity contribution >= 4 is 27.5 Å². The topological polar surface area (TPSA) is 17.8 Å². The van der Waals surface area contributed by atoms with Gasteiger partial charge in [-0.1, -0.05) is 54.2 Å². The second-order valence-corrected chi connectivity index (χ2v) is 5.84. The van der Waals surface area contributed by atoms with Gasteiger partial charge in [-0.15, -0.1) is 0 Å². The van der Waals surface area contributed by atoms with E-state index in [0.29, 0.717) is 5.41 Å². The zero-order valence-corrected chi connectivity index (χ0v) is 13.3. The van der Waals surface area contributed by atoms with Gasteiger partial charge in [0.15, 0.2) is 0 Å². The van der Waals surface area contributed by atoms with Crippen molar-refractivity contribution in [1.82, 2.24) is 9.78 Å². The van der Waals surface area contributed by atoms with Crippen molar-refractivity contribution in [3.63, 3.8) is 0 Å². The van der Waals surface area contributed by atoms with Gasteiger partial charge >= 0.3 is 0 Å². The van der Waals surface area contributed by atoms with E-state index in [1.54, 1.807) is 6.20 Å². The van der Waals surface area contributed by atoms with Gasteiger partial charge in [-0.2, -0.15) is 5.10 Å². The summed E-state index contributed by atoms with van der Waals surface area (Å²) in [5, 5.41) is 6.17. The minimum atomic E-state index is 0.309. The van der Waals surface area contributed by atoms with E-state index in [9.17, 15) is 0 Å². The predicted octanol–water partition coefficient (Wildman–Crippen LogP) is 4.83. The fourth-order valence-electron chi connectivity index (χ4n) is 2.42. The molecule has 0 aromatic carbocycles. The summed E-state index contributed by atoms with van der Waals surface area (Å²) in [4.78, 5) is 0. The van der Waals surface area contributed by atoms with Crippen LogP contribution in [0.2, 0.25) is 5.02 Å². The van der Waals surface area contributed by atoms with Crippen LogP contribution in [0, 0.1) is 12.3 Å². The van der Waals surface area contributed by atoms with E-state index in [1.807, 2.05) is 6.92 Å². The van der Waals surface area contributed by atoms with Gasteiger partial charge in [-0.05, 0) is 25.2 Å². The van der Waals surface area contributed by atoms with Crippen molar-refractivity contribution in [1.29, 1.82) is 0 Å². The van der Waals surface area contributed by atoms with Gasteiger partial charge in [0, 0.05) is 11.9 Å². The highest BCUT2D eigenvalue weighted by Gasteiger charge is 2.28. The summed E-state index contributed by atoms with van der Waals surface area (Å²) in [5.74, 6) is 0. The monoisotopic (exact) mass is 320 g/mol. The van der Waals surface area contributed by atoms with E-state index in [1.165, 1.54) is 25.7 Å². The Balaban J connectivity index is 2.88. The third kappa shape index (κ3) is 3.72. The Morgan fingerprint density at radius 1 is 1.35 bits per heavy atom. The minimum Gasteiger partial charge on any atom is -0.268 e. The molecule has 0 spiro atoms. The van der Waals surface area contributed by atoms with Gasteiger partial charge in [0.25, 0.3) is 0 Å². The van der Waals surface area contributed by atoms with Crippen LogP contribution in [-0.2, 0) is 6.54 Å². The van der Waals surface area contributed by atoms with Gasteiger partial charge in [0.1, 0.15) is 0 Å². The lowest BCUT2D eigenvalue weighted by atomic mass is 9.81.